The molecule has 0 aromatic heterocycles. The van der Waals surface area contributed by atoms with E-state index in [2.05, 4.69) is 33.5 Å². The van der Waals surface area contributed by atoms with Gasteiger partial charge in [0, 0.05) is 11.0 Å². The predicted molar refractivity (Wildman–Crippen MR) is 102 cm³/mol. The first-order valence-corrected chi connectivity index (χ1v) is 9.26. The maximum Gasteiger partial charge on any atom is 0.264 e. The highest BCUT2D eigenvalue weighted by Gasteiger charge is 2.08. The van der Waals surface area contributed by atoms with Gasteiger partial charge in [0.1, 0.15) is 5.75 Å². The third-order valence-corrected chi connectivity index (χ3v) is 4.11. The molecule has 23 heavy (non-hydrogen) atoms. The summed E-state index contributed by atoms with van der Waals surface area (Å²) in [5.41, 5.74) is 0. The van der Waals surface area contributed by atoms with E-state index in [0.717, 1.165) is 17.4 Å². The van der Waals surface area contributed by atoms with Crippen molar-refractivity contribution in [2.24, 2.45) is 0 Å². The average Bonchev–Trinajstić information content (AvgIpc) is 2.50. The number of amides is 1. The van der Waals surface area contributed by atoms with Gasteiger partial charge in [-0.1, -0.05) is 60.1 Å². The minimum atomic E-state index is -0.313. The first kappa shape index (κ1) is 20.2. The second-order valence-corrected chi connectivity index (χ2v) is 6.81. The third-order valence-electron chi connectivity index (χ3n) is 3.07. The Kier molecular flexibility index (Phi) is 10.2. The molecule has 128 valence electrons. The molecule has 7 heteroatoms. The van der Waals surface area contributed by atoms with Crippen LogP contribution in [0.2, 0.25) is 5.02 Å². The zero-order valence-electron chi connectivity index (χ0n) is 13.2. The molecule has 1 amide bonds. The van der Waals surface area contributed by atoms with Crippen LogP contribution in [0.1, 0.15) is 39.0 Å². The Morgan fingerprint density at radius 2 is 2.04 bits per heavy atom. The van der Waals surface area contributed by atoms with Gasteiger partial charge in [-0.2, -0.15) is 0 Å². The molecule has 0 spiro atoms. The molecule has 1 aromatic carbocycles. The van der Waals surface area contributed by atoms with Crippen LogP contribution in [0, 0.1) is 0 Å². The topological polar surface area (TPSA) is 50.4 Å². The standard InChI is InChI=1S/C16H22BrClN2O2S/c1-2-3-4-5-6-9-19-16(23)20-15(21)11-22-14-8-7-12(17)10-13(14)18/h7-8,10H,2-6,9,11H2,1H3,(H2,19,20,21,23). The van der Waals surface area contributed by atoms with Crippen LogP contribution in [-0.4, -0.2) is 24.2 Å². The van der Waals surface area contributed by atoms with E-state index in [1.165, 1.54) is 25.7 Å². The molecule has 4 nitrogen and oxygen atoms in total. The molecular formula is C16H22BrClN2O2S. The zero-order valence-corrected chi connectivity index (χ0v) is 16.3. The normalized spacial score (nSPS) is 10.2. The molecule has 0 heterocycles. The molecule has 0 saturated carbocycles. The number of nitrogens with one attached hydrogen (secondary N) is 2. The SMILES string of the molecule is CCCCCCCNC(=S)NC(=O)COc1ccc(Br)cc1Cl. The number of rotatable bonds is 9. The van der Waals surface area contributed by atoms with Crippen LogP contribution in [0.15, 0.2) is 22.7 Å². The molecular weight excluding hydrogens is 400 g/mol. The molecule has 0 radical (unpaired) electrons. The van der Waals surface area contributed by atoms with Gasteiger partial charge in [-0.05, 0) is 36.8 Å². The molecule has 0 bridgehead atoms. The summed E-state index contributed by atoms with van der Waals surface area (Å²) in [6, 6.07) is 5.20. The quantitative estimate of drug-likeness (QED) is 0.457. The van der Waals surface area contributed by atoms with Gasteiger partial charge in [0.2, 0.25) is 0 Å². The summed E-state index contributed by atoms with van der Waals surface area (Å²) in [6.45, 7) is 2.81. The van der Waals surface area contributed by atoms with Crippen molar-refractivity contribution in [1.29, 1.82) is 0 Å². The van der Waals surface area contributed by atoms with Crippen molar-refractivity contribution in [3.63, 3.8) is 0 Å². The third kappa shape index (κ3) is 9.13. The summed E-state index contributed by atoms with van der Waals surface area (Å²) >= 11 is 14.4. The minimum absolute atomic E-state index is 0.139. The summed E-state index contributed by atoms with van der Waals surface area (Å²) in [6.07, 6.45) is 5.93. The van der Waals surface area contributed by atoms with Gasteiger partial charge in [-0.3, -0.25) is 4.79 Å². The summed E-state index contributed by atoms with van der Waals surface area (Å²) in [5.74, 6) is 0.146. The van der Waals surface area contributed by atoms with E-state index in [1.807, 2.05) is 0 Å². The highest BCUT2D eigenvalue weighted by molar-refractivity contribution is 9.10. The number of benzene rings is 1. The summed E-state index contributed by atoms with van der Waals surface area (Å²) in [7, 11) is 0. The van der Waals surface area contributed by atoms with Crippen molar-refractivity contribution >= 4 is 50.8 Å². The molecule has 0 aliphatic carbocycles. The number of thiocarbonyl (C=S) groups is 1. The second-order valence-electron chi connectivity index (χ2n) is 5.08. The van der Waals surface area contributed by atoms with E-state index in [0.29, 0.717) is 15.9 Å². The molecule has 0 aliphatic heterocycles. The lowest BCUT2D eigenvalue weighted by Crippen LogP contribution is -2.41. The molecule has 0 aliphatic rings. The number of halogens is 2. The Balaban J connectivity index is 2.19. The van der Waals surface area contributed by atoms with E-state index < -0.39 is 0 Å². The van der Waals surface area contributed by atoms with E-state index in [4.69, 9.17) is 28.6 Å². The van der Waals surface area contributed by atoms with E-state index in [-0.39, 0.29) is 12.5 Å². The number of carbonyl (C=O) groups excluding carboxylic acids is 1. The van der Waals surface area contributed by atoms with Gasteiger partial charge in [-0.15, -0.1) is 0 Å². The van der Waals surface area contributed by atoms with Gasteiger partial charge in [0.25, 0.3) is 5.91 Å². The van der Waals surface area contributed by atoms with Gasteiger partial charge in [0.15, 0.2) is 11.7 Å². The van der Waals surface area contributed by atoms with Crippen molar-refractivity contribution in [3.8, 4) is 5.75 Å². The Morgan fingerprint density at radius 3 is 2.74 bits per heavy atom. The molecule has 0 fully saturated rings. The van der Waals surface area contributed by atoms with Gasteiger partial charge in [0.05, 0.1) is 5.02 Å². The van der Waals surface area contributed by atoms with Crippen LogP contribution >= 0.6 is 39.7 Å². The molecule has 0 atom stereocenters. The fourth-order valence-corrected chi connectivity index (χ4v) is 2.82. The van der Waals surface area contributed by atoms with Crippen molar-refractivity contribution in [1.82, 2.24) is 10.6 Å². The van der Waals surface area contributed by atoms with Crippen LogP contribution in [0.4, 0.5) is 0 Å². The molecule has 2 N–H and O–H groups in total. The van der Waals surface area contributed by atoms with Gasteiger partial charge >= 0.3 is 0 Å². The number of hydrogen-bond acceptors (Lipinski definition) is 3. The lowest BCUT2D eigenvalue weighted by atomic mass is 10.1. The average molecular weight is 422 g/mol. The van der Waals surface area contributed by atoms with Crippen LogP contribution in [0.3, 0.4) is 0 Å². The first-order chi connectivity index (χ1) is 11.0. The molecule has 1 aromatic rings. The lowest BCUT2D eigenvalue weighted by molar-refractivity contribution is -0.121. The Hall–Kier alpha value is -0.850. The van der Waals surface area contributed by atoms with E-state index in [9.17, 15) is 4.79 Å². The van der Waals surface area contributed by atoms with E-state index >= 15 is 0 Å². The van der Waals surface area contributed by atoms with Crippen molar-refractivity contribution in [2.75, 3.05) is 13.2 Å². The molecule has 1 rings (SSSR count). The fourth-order valence-electron chi connectivity index (χ4n) is 1.87. The van der Waals surface area contributed by atoms with Crippen molar-refractivity contribution in [2.45, 2.75) is 39.0 Å². The number of hydrogen-bond donors (Lipinski definition) is 2. The van der Waals surface area contributed by atoms with Gasteiger partial charge in [-0.25, -0.2) is 0 Å². The highest BCUT2D eigenvalue weighted by Crippen LogP contribution is 2.27. The maximum absolute atomic E-state index is 11.8. The Morgan fingerprint density at radius 1 is 1.30 bits per heavy atom. The Labute approximate surface area is 156 Å². The lowest BCUT2D eigenvalue weighted by Gasteiger charge is -2.11. The first-order valence-electron chi connectivity index (χ1n) is 7.68. The number of unbranched alkanes of at least 4 members (excludes halogenated alkanes) is 4. The molecule has 0 saturated heterocycles. The van der Waals surface area contributed by atoms with Crippen LogP contribution < -0.4 is 15.4 Å². The Bertz CT molecular complexity index is 529. The maximum atomic E-state index is 11.8. The van der Waals surface area contributed by atoms with Crippen molar-refractivity contribution in [3.05, 3.63) is 27.7 Å². The zero-order chi connectivity index (χ0) is 17.1. The van der Waals surface area contributed by atoms with Crippen LogP contribution in [0.25, 0.3) is 0 Å². The highest BCUT2D eigenvalue weighted by atomic mass is 79.9. The number of carbonyl (C=O) groups is 1. The minimum Gasteiger partial charge on any atom is -0.482 e. The van der Waals surface area contributed by atoms with Crippen molar-refractivity contribution < 1.29 is 9.53 Å². The number of ether oxygens (including phenoxy) is 1. The van der Waals surface area contributed by atoms with E-state index in [1.54, 1.807) is 18.2 Å². The summed E-state index contributed by atoms with van der Waals surface area (Å²) in [4.78, 5) is 11.8. The smallest absolute Gasteiger partial charge is 0.264 e. The van der Waals surface area contributed by atoms with Gasteiger partial charge < -0.3 is 15.4 Å². The monoisotopic (exact) mass is 420 g/mol. The fraction of sp³-hybridized carbons (Fsp3) is 0.500. The second kappa shape index (κ2) is 11.6. The molecule has 0 unspecified atom stereocenters. The largest absolute Gasteiger partial charge is 0.482 e. The predicted octanol–water partition coefficient (Wildman–Crippen LogP) is 4.44. The van der Waals surface area contributed by atoms with Crippen LogP contribution in [-0.2, 0) is 4.79 Å². The summed E-state index contributed by atoms with van der Waals surface area (Å²) < 4.78 is 6.22. The summed E-state index contributed by atoms with van der Waals surface area (Å²) in [5, 5.41) is 6.38. The van der Waals surface area contributed by atoms with Crippen LogP contribution in [0.5, 0.6) is 5.75 Å².